The van der Waals surface area contributed by atoms with E-state index in [2.05, 4.69) is 29.6 Å². The summed E-state index contributed by atoms with van der Waals surface area (Å²) in [5.41, 5.74) is 2.04. The van der Waals surface area contributed by atoms with Crippen molar-refractivity contribution < 1.29 is 4.79 Å². The Bertz CT molecular complexity index is 469. The zero-order chi connectivity index (χ0) is 15.3. The van der Waals surface area contributed by atoms with Crippen LogP contribution in [0.1, 0.15) is 50.8 Å². The highest BCUT2D eigenvalue weighted by Gasteiger charge is 2.38. The normalized spacial score (nSPS) is 17.7. The third kappa shape index (κ3) is 3.64. The van der Waals surface area contributed by atoms with E-state index >= 15 is 0 Å². The van der Waals surface area contributed by atoms with Gasteiger partial charge in [0.2, 0.25) is 5.91 Å². The van der Waals surface area contributed by atoms with E-state index in [1.54, 1.807) is 0 Å². The molecule has 2 N–H and O–H groups in total. The van der Waals surface area contributed by atoms with Crippen LogP contribution >= 0.6 is 0 Å². The lowest BCUT2D eigenvalue weighted by Gasteiger charge is -2.36. The van der Waals surface area contributed by atoms with E-state index in [4.69, 9.17) is 0 Å². The van der Waals surface area contributed by atoms with Crippen molar-refractivity contribution in [1.82, 2.24) is 20.4 Å². The molecule has 1 fully saturated rings. The topological polar surface area (TPSA) is 59.0 Å². The van der Waals surface area contributed by atoms with Crippen molar-refractivity contribution in [3.05, 3.63) is 17.5 Å². The quantitative estimate of drug-likeness (QED) is 0.840. The zero-order valence-corrected chi connectivity index (χ0v) is 13.5. The van der Waals surface area contributed by atoms with Crippen molar-refractivity contribution in [2.24, 2.45) is 12.5 Å². The Labute approximate surface area is 127 Å². The molecule has 1 aromatic heterocycles. The lowest BCUT2D eigenvalue weighted by Crippen LogP contribution is -2.47. The molecule has 0 spiro atoms. The monoisotopic (exact) mass is 292 g/mol. The molecule has 0 aromatic carbocycles. The number of aromatic nitrogens is 2. The lowest BCUT2D eigenvalue weighted by atomic mass is 9.74. The first kappa shape index (κ1) is 16.0. The van der Waals surface area contributed by atoms with Gasteiger partial charge in [-0.1, -0.05) is 20.3 Å². The number of aryl methyl sites for hydroxylation is 2. The first-order chi connectivity index (χ1) is 10.1. The van der Waals surface area contributed by atoms with E-state index in [1.165, 1.54) is 0 Å². The molecule has 1 aliphatic heterocycles. The van der Waals surface area contributed by atoms with Crippen molar-refractivity contribution in [2.45, 2.75) is 52.5 Å². The summed E-state index contributed by atoms with van der Waals surface area (Å²) in [6, 6.07) is 0. The van der Waals surface area contributed by atoms with Gasteiger partial charge in [0.1, 0.15) is 0 Å². The number of carbonyl (C=O) groups is 1. The highest BCUT2D eigenvalue weighted by atomic mass is 16.2. The number of hydrogen-bond acceptors (Lipinski definition) is 3. The van der Waals surface area contributed by atoms with Gasteiger partial charge in [-0.15, -0.1) is 0 Å². The van der Waals surface area contributed by atoms with Crippen LogP contribution in [-0.4, -0.2) is 28.8 Å². The highest BCUT2D eigenvalue weighted by molar-refractivity contribution is 5.82. The predicted molar refractivity (Wildman–Crippen MR) is 83.9 cm³/mol. The van der Waals surface area contributed by atoms with Crippen LogP contribution in [0.25, 0.3) is 0 Å². The minimum absolute atomic E-state index is 0.172. The maximum atomic E-state index is 12.7. The molecule has 2 heterocycles. The van der Waals surface area contributed by atoms with Gasteiger partial charge in [-0.25, -0.2) is 0 Å². The number of nitrogens with one attached hydrogen (secondary N) is 2. The lowest BCUT2D eigenvalue weighted by molar-refractivity contribution is -0.133. The Balaban J connectivity index is 2.01. The second-order valence-electron chi connectivity index (χ2n) is 6.09. The molecule has 5 nitrogen and oxygen atoms in total. The van der Waals surface area contributed by atoms with Gasteiger partial charge >= 0.3 is 0 Å². The molecule has 1 amide bonds. The summed E-state index contributed by atoms with van der Waals surface area (Å²) in [4.78, 5) is 12.7. The van der Waals surface area contributed by atoms with Crippen molar-refractivity contribution in [1.29, 1.82) is 0 Å². The maximum absolute atomic E-state index is 12.7. The largest absolute Gasteiger partial charge is 0.351 e. The van der Waals surface area contributed by atoms with E-state index < -0.39 is 0 Å². The number of hydrogen-bond donors (Lipinski definition) is 2. The number of nitrogens with zero attached hydrogens (tertiary/aromatic N) is 2. The first-order valence-electron chi connectivity index (χ1n) is 8.11. The molecular weight excluding hydrogens is 264 g/mol. The highest BCUT2D eigenvalue weighted by Crippen LogP contribution is 2.34. The molecule has 0 saturated carbocycles. The van der Waals surface area contributed by atoms with Crippen molar-refractivity contribution >= 4 is 5.91 Å². The molecule has 0 unspecified atom stereocenters. The van der Waals surface area contributed by atoms with Crippen LogP contribution in [0.4, 0.5) is 0 Å². The van der Waals surface area contributed by atoms with Crippen LogP contribution in [0.15, 0.2) is 6.20 Å². The molecular formula is C16H28N4O. The van der Waals surface area contributed by atoms with E-state index in [0.29, 0.717) is 6.54 Å². The van der Waals surface area contributed by atoms with Gasteiger partial charge < -0.3 is 10.6 Å². The van der Waals surface area contributed by atoms with Crippen LogP contribution in [0.2, 0.25) is 0 Å². The van der Waals surface area contributed by atoms with Gasteiger partial charge in [0.25, 0.3) is 0 Å². The molecule has 1 aromatic rings. The molecule has 0 aliphatic carbocycles. The Morgan fingerprint density at radius 2 is 2.14 bits per heavy atom. The summed E-state index contributed by atoms with van der Waals surface area (Å²) in [5.74, 6) is 0.219. The van der Waals surface area contributed by atoms with Crippen molar-refractivity contribution in [2.75, 3.05) is 13.1 Å². The molecule has 118 valence electrons. The predicted octanol–water partition coefficient (Wildman–Crippen LogP) is 1.77. The van der Waals surface area contributed by atoms with E-state index in [9.17, 15) is 4.79 Å². The van der Waals surface area contributed by atoms with Crippen LogP contribution in [0.5, 0.6) is 0 Å². The summed E-state index contributed by atoms with van der Waals surface area (Å²) in [6.45, 7) is 6.74. The minimum atomic E-state index is -0.172. The molecule has 1 saturated heterocycles. The fraction of sp³-hybridized carbons (Fsp3) is 0.750. The smallest absolute Gasteiger partial charge is 0.226 e. The van der Waals surface area contributed by atoms with E-state index in [-0.39, 0.29) is 11.3 Å². The number of carbonyl (C=O) groups excluding carboxylic acids is 1. The fourth-order valence-corrected chi connectivity index (χ4v) is 3.37. The third-order valence-corrected chi connectivity index (χ3v) is 4.54. The van der Waals surface area contributed by atoms with Gasteiger partial charge in [-0.2, -0.15) is 5.10 Å². The summed E-state index contributed by atoms with van der Waals surface area (Å²) in [6.07, 6.45) is 6.83. The Kier molecular flexibility index (Phi) is 5.39. The summed E-state index contributed by atoms with van der Waals surface area (Å²) >= 11 is 0. The van der Waals surface area contributed by atoms with E-state index in [0.717, 1.165) is 56.5 Å². The van der Waals surface area contributed by atoms with Crippen molar-refractivity contribution in [3.8, 4) is 0 Å². The average molecular weight is 292 g/mol. The second kappa shape index (κ2) is 7.07. The molecule has 1 aliphatic rings. The summed E-state index contributed by atoms with van der Waals surface area (Å²) in [5, 5.41) is 10.9. The van der Waals surface area contributed by atoms with Crippen LogP contribution < -0.4 is 10.6 Å². The van der Waals surface area contributed by atoms with Gasteiger partial charge in [0.05, 0.1) is 11.1 Å². The fourth-order valence-electron chi connectivity index (χ4n) is 3.37. The number of rotatable bonds is 6. The van der Waals surface area contributed by atoms with Crippen molar-refractivity contribution in [3.63, 3.8) is 0 Å². The minimum Gasteiger partial charge on any atom is -0.351 e. The first-order valence-corrected chi connectivity index (χ1v) is 8.11. The molecule has 0 bridgehead atoms. The van der Waals surface area contributed by atoms with Gasteiger partial charge in [-0.3, -0.25) is 9.48 Å². The van der Waals surface area contributed by atoms with Gasteiger partial charge in [-0.05, 0) is 38.8 Å². The molecule has 21 heavy (non-hydrogen) atoms. The number of amides is 1. The summed E-state index contributed by atoms with van der Waals surface area (Å²) in [7, 11) is 1.93. The second-order valence-corrected chi connectivity index (χ2v) is 6.09. The van der Waals surface area contributed by atoms with E-state index in [1.807, 2.05) is 17.9 Å². The standard InChI is InChI=1S/C16H28N4O/c1-4-6-16(7-9-17-10-8-16)15(21)18-11-13-12-20(3)19-14(13)5-2/h12,17H,4-11H2,1-3H3,(H,18,21). The van der Waals surface area contributed by atoms with Crippen LogP contribution in [0.3, 0.4) is 0 Å². The SMILES string of the molecule is CCCC1(C(=O)NCc2cn(C)nc2CC)CCNCC1. The molecule has 0 radical (unpaired) electrons. The molecule has 2 rings (SSSR count). The number of piperidine rings is 1. The average Bonchev–Trinajstić information content (AvgIpc) is 2.86. The maximum Gasteiger partial charge on any atom is 0.226 e. The zero-order valence-electron chi connectivity index (χ0n) is 13.5. The van der Waals surface area contributed by atoms with Crippen LogP contribution in [-0.2, 0) is 24.8 Å². The summed E-state index contributed by atoms with van der Waals surface area (Å²) < 4.78 is 1.83. The Morgan fingerprint density at radius 3 is 2.76 bits per heavy atom. The van der Waals surface area contributed by atoms with Gasteiger partial charge in [0, 0.05) is 25.4 Å². The third-order valence-electron chi connectivity index (χ3n) is 4.54. The molecule has 5 heteroatoms. The van der Waals surface area contributed by atoms with Gasteiger partial charge in [0.15, 0.2) is 0 Å². The Hall–Kier alpha value is -1.36. The molecule has 0 atom stereocenters. The van der Waals surface area contributed by atoms with Crippen LogP contribution in [0, 0.1) is 5.41 Å². The Morgan fingerprint density at radius 1 is 1.43 bits per heavy atom.